The molecule has 0 radical (unpaired) electrons. The standard InChI is InChI=1S/C12H20N4O3/c1-4-9(11(17)18)16(3)12(19)14-6-5-10-13-7-8-15(10)2/h7-9H,4-6H2,1-3H3,(H,14,19)(H,17,18). The van der Waals surface area contributed by atoms with Crippen LogP contribution in [-0.2, 0) is 18.3 Å². The Kier molecular flexibility index (Phi) is 5.35. The highest BCUT2D eigenvalue weighted by Crippen LogP contribution is 2.02. The zero-order valence-corrected chi connectivity index (χ0v) is 11.5. The summed E-state index contributed by atoms with van der Waals surface area (Å²) in [5.74, 6) is -0.127. The first-order valence-corrected chi connectivity index (χ1v) is 6.17. The minimum absolute atomic E-state index is 0.374. The first kappa shape index (κ1) is 15.0. The molecule has 7 nitrogen and oxygen atoms in total. The molecule has 0 aliphatic rings. The third-order valence-electron chi connectivity index (χ3n) is 3.01. The Morgan fingerprint density at radius 2 is 2.26 bits per heavy atom. The Hall–Kier alpha value is -2.05. The molecule has 0 aromatic carbocycles. The van der Waals surface area contributed by atoms with Crippen LogP contribution in [0.4, 0.5) is 4.79 Å². The molecule has 0 bridgehead atoms. The third kappa shape index (κ3) is 3.97. The summed E-state index contributed by atoms with van der Waals surface area (Å²) in [6.45, 7) is 2.15. The molecule has 0 fully saturated rings. The van der Waals surface area contributed by atoms with Gasteiger partial charge in [0.15, 0.2) is 0 Å². The van der Waals surface area contributed by atoms with E-state index in [1.807, 2.05) is 17.8 Å². The van der Waals surface area contributed by atoms with Gasteiger partial charge < -0.3 is 19.9 Å². The maximum Gasteiger partial charge on any atom is 0.326 e. The summed E-state index contributed by atoms with van der Waals surface area (Å²) in [5, 5.41) is 11.7. The number of aryl methyl sites for hydroxylation is 1. The highest BCUT2D eigenvalue weighted by Gasteiger charge is 2.24. The average molecular weight is 268 g/mol. The van der Waals surface area contributed by atoms with Crippen molar-refractivity contribution in [1.82, 2.24) is 19.8 Å². The van der Waals surface area contributed by atoms with E-state index in [0.717, 1.165) is 5.82 Å². The number of urea groups is 1. The summed E-state index contributed by atoms with van der Waals surface area (Å²) in [7, 11) is 3.37. The van der Waals surface area contributed by atoms with Gasteiger partial charge in [-0.2, -0.15) is 0 Å². The molecule has 7 heteroatoms. The highest BCUT2D eigenvalue weighted by molar-refractivity contribution is 5.82. The van der Waals surface area contributed by atoms with Crippen LogP contribution >= 0.6 is 0 Å². The number of aliphatic carboxylic acids is 1. The number of hydrogen-bond donors (Lipinski definition) is 2. The van der Waals surface area contributed by atoms with Crippen LogP contribution in [-0.4, -0.2) is 51.2 Å². The first-order chi connectivity index (χ1) is 8.97. The normalized spacial score (nSPS) is 11.9. The van der Waals surface area contributed by atoms with Crippen molar-refractivity contribution in [2.24, 2.45) is 7.05 Å². The smallest absolute Gasteiger partial charge is 0.326 e. The minimum atomic E-state index is -0.996. The van der Waals surface area contributed by atoms with Crippen LogP contribution in [0.1, 0.15) is 19.2 Å². The van der Waals surface area contributed by atoms with Gasteiger partial charge in [0.1, 0.15) is 11.9 Å². The molecule has 19 heavy (non-hydrogen) atoms. The highest BCUT2D eigenvalue weighted by atomic mass is 16.4. The van der Waals surface area contributed by atoms with Gasteiger partial charge in [-0.25, -0.2) is 14.6 Å². The van der Waals surface area contributed by atoms with Crippen molar-refractivity contribution in [2.75, 3.05) is 13.6 Å². The lowest BCUT2D eigenvalue weighted by Crippen LogP contribution is -2.47. The van der Waals surface area contributed by atoms with Crippen LogP contribution in [0.3, 0.4) is 0 Å². The van der Waals surface area contributed by atoms with Crippen molar-refractivity contribution in [3.8, 4) is 0 Å². The number of carbonyl (C=O) groups is 2. The summed E-state index contributed by atoms with van der Waals surface area (Å²) in [6.07, 6.45) is 4.51. The number of aromatic nitrogens is 2. The second-order valence-corrected chi connectivity index (χ2v) is 4.31. The summed E-state index contributed by atoms with van der Waals surface area (Å²) in [5.41, 5.74) is 0. The fourth-order valence-electron chi connectivity index (χ4n) is 1.80. The van der Waals surface area contributed by atoms with Crippen LogP contribution in [0.5, 0.6) is 0 Å². The number of nitrogens with zero attached hydrogens (tertiary/aromatic N) is 3. The zero-order valence-electron chi connectivity index (χ0n) is 11.5. The molecule has 1 rings (SSSR count). The van der Waals surface area contributed by atoms with Gasteiger partial charge in [-0.05, 0) is 6.42 Å². The Balaban J connectivity index is 2.42. The van der Waals surface area contributed by atoms with Crippen molar-refractivity contribution in [3.63, 3.8) is 0 Å². The quantitative estimate of drug-likeness (QED) is 0.785. The van der Waals surface area contributed by atoms with Crippen molar-refractivity contribution in [1.29, 1.82) is 0 Å². The van der Waals surface area contributed by atoms with Crippen molar-refractivity contribution in [3.05, 3.63) is 18.2 Å². The Labute approximate surface area is 112 Å². The van der Waals surface area contributed by atoms with Gasteiger partial charge in [-0.15, -0.1) is 0 Å². The molecule has 0 saturated heterocycles. The number of carboxylic acid groups (broad SMARTS) is 1. The number of carbonyl (C=O) groups excluding carboxylic acids is 1. The largest absolute Gasteiger partial charge is 0.480 e. The van der Waals surface area contributed by atoms with Crippen LogP contribution in [0.2, 0.25) is 0 Å². The molecule has 106 valence electrons. The Morgan fingerprint density at radius 3 is 2.74 bits per heavy atom. The van der Waals surface area contributed by atoms with E-state index in [9.17, 15) is 9.59 Å². The number of amides is 2. The lowest BCUT2D eigenvalue weighted by Gasteiger charge is -2.23. The van der Waals surface area contributed by atoms with Gasteiger partial charge in [0, 0.05) is 39.5 Å². The number of nitrogens with one attached hydrogen (secondary N) is 1. The van der Waals surface area contributed by atoms with E-state index in [4.69, 9.17) is 5.11 Å². The minimum Gasteiger partial charge on any atom is -0.480 e. The van der Waals surface area contributed by atoms with E-state index in [1.54, 1.807) is 13.1 Å². The number of hydrogen-bond acceptors (Lipinski definition) is 3. The molecule has 2 amide bonds. The molecule has 2 N–H and O–H groups in total. The number of rotatable bonds is 6. The SMILES string of the molecule is CCC(C(=O)O)N(C)C(=O)NCCc1nccn1C. The van der Waals surface area contributed by atoms with Gasteiger partial charge in [-0.3, -0.25) is 0 Å². The topological polar surface area (TPSA) is 87.5 Å². The van der Waals surface area contributed by atoms with Crippen LogP contribution in [0.25, 0.3) is 0 Å². The monoisotopic (exact) mass is 268 g/mol. The molecular formula is C12H20N4O3. The molecule has 1 aromatic rings. The number of imidazole rings is 1. The maximum absolute atomic E-state index is 11.8. The van der Waals surface area contributed by atoms with Crippen molar-refractivity contribution >= 4 is 12.0 Å². The van der Waals surface area contributed by atoms with Gasteiger partial charge in [0.05, 0.1) is 0 Å². The van der Waals surface area contributed by atoms with E-state index in [-0.39, 0.29) is 6.03 Å². The average Bonchev–Trinajstić information content (AvgIpc) is 2.75. The zero-order chi connectivity index (χ0) is 14.4. The van der Waals surface area contributed by atoms with E-state index >= 15 is 0 Å². The van der Waals surface area contributed by atoms with Gasteiger partial charge in [0.2, 0.25) is 0 Å². The summed E-state index contributed by atoms with van der Waals surface area (Å²) in [6, 6.07) is -1.18. The Morgan fingerprint density at radius 1 is 1.58 bits per heavy atom. The second-order valence-electron chi connectivity index (χ2n) is 4.31. The molecular weight excluding hydrogens is 248 g/mol. The lowest BCUT2D eigenvalue weighted by molar-refractivity contribution is -0.141. The fourth-order valence-corrected chi connectivity index (χ4v) is 1.80. The third-order valence-corrected chi connectivity index (χ3v) is 3.01. The van der Waals surface area contributed by atoms with E-state index in [2.05, 4.69) is 10.3 Å². The first-order valence-electron chi connectivity index (χ1n) is 6.17. The summed E-state index contributed by atoms with van der Waals surface area (Å²) >= 11 is 0. The van der Waals surface area contributed by atoms with Crippen LogP contribution in [0.15, 0.2) is 12.4 Å². The second kappa shape index (κ2) is 6.77. The predicted molar refractivity (Wildman–Crippen MR) is 69.8 cm³/mol. The summed E-state index contributed by atoms with van der Waals surface area (Å²) < 4.78 is 1.88. The number of likely N-dealkylation sites (N-methyl/N-ethyl adjacent to an activating group) is 1. The molecule has 1 heterocycles. The fraction of sp³-hybridized carbons (Fsp3) is 0.583. The number of carboxylic acids is 1. The van der Waals surface area contributed by atoms with Gasteiger partial charge >= 0.3 is 12.0 Å². The Bertz CT molecular complexity index is 444. The molecule has 1 atom stereocenters. The predicted octanol–water partition coefficient (Wildman–Crippen LogP) is 0.467. The molecule has 0 aliphatic carbocycles. The van der Waals surface area contributed by atoms with E-state index < -0.39 is 12.0 Å². The molecule has 1 aromatic heterocycles. The van der Waals surface area contributed by atoms with Gasteiger partial charge in [0.25, 0.3) is 0 Å². The molecule has 0 aliphatic heterocycles. The maximum atomic E-state index is 11.8. The molecule has 1 unspecified atom stereocenters. The van der Waals surface area contributed by atoms with Crippen molar-refractivity contribution in [2.45, 2.75) is 25.8 Å². The van der Waals surface area contributed by atoms with Crippen LogP contribution < -0.4 is 5.32 Å². The summed E-state index contributed by atoms with van der Waals surface area (Å²) in [4.78, 5) is 28.1. The van der Waals surface area contributed by atoms with Gasteiger partial charge in [-0.1, -0.05) is 6.92 Å². The molecule has 0 saturated carbocycles. The molecule has 0 spiro atoms. The lowest BCUT2D eigenvalue weighted by atomic mass is 10.2. The van der Waals surface area contributed by atoms with Crippen LogP contribution in [0, 0.1) is 0 Å². The van der Waals surface area contributed by atoms with E-state index in [0.29, 0.717) is 19.4 Å². The van der Waals surface area contributed by atoms with E-state index in [1.165, 1.54) is 11.9 Å². The van der Waals surface area contributed by atoms with Crippen molar-refractivity contribution < 1.29 is 14.7 Å².